The van der Waals surface area contributed by atoms with Crippen molar-refractivity contribution in [2.75, 3.05) is 14.1 Å². The lowest BCUT2D eigenvalue weighted by Gasteiger charge is -2.27. The smallest absolute Gasteiger partial charge is 0.279 e. The van der Waals surface area contributed by atoms with Crippen molar-refractivity contribution in [2.24, 2.45) is 0 Å². The SMILES string of the molecule is CNC(C)(C)CC(C(=O)C(CC(C)(C)NC)[N+](=O)[O-])[N+](=O)[O-]. The van der Waals surface area contributed by atoms with Gasteiger partial charge >= 0.3 is 0 Å². The van der Waals surface area contributed by atoms with Gasteiger partial charge in [0.1, 0.15) is 0 Å². The zero-order valence-electron chi connectivity index (χ0n) is 14.0. The summed E-state index contributed by atoms with van der Waals surface area (Å²) in [5, 5.41) is 28.2. The van der Waals surface area contributed by atoms with Gasteiger partial charge in [-0.2, -0.15) is 0 Å². The first kappa shape index (κ1) is 20.4. The second-order valence-electron chi connectivity index (χ2n) is 6.68. The van der Waals surface area contributed by atoms with Gasteiger partial charge in [0.05, 0.1) is 0 Å². The molecule has 2 unspecified atom stereocenters. The Morgan fingerprint density at radius 3 is 1.36 bits per heavy atom. The lowest BCUT2D eigenvalue weighted by Crippen LogP contribution is -2.51. The van der Waals surface area contributed by atoms with Crippen LogP contribution in [-0.2, 0) is 4.79 Å². The van der Waals surface area contributed by atoms with E-state index in [0.717, 1.165) is 0 Å². The van der Waals surface area contributed by atoms with E-state index in [4.69, 9.17) is 0 Å². The molecule has 0 fully saturated rings. The molecule has 128 valence electrons. The third kappa shape index (κ3) is 6.02. The highest BCUT2D eigenvalue weighted by atomic mass is 16.6. The largest absolute Gasteiger partial charge is 0.315 e. The zero-order chi connectivity index (χ0) is 17.7. The van der Waals surface area contributed by atoms with Crippen LogP contribution >= 0.6 is 0 Å². The van der Waals surface area contributed by atoms with E-state index in [2.05, 4.69) is 10.6 Å². The van der Waals surface area contributed by atoms with E-state index in [-0.39, 0.29) is 12.8 Å². The lowest BCUT2D eigenvalue weighted by molar-refractivity contribution is -0.533. The van der Waals surface area contributed by atoms with Gasteiger partial charge in [-0.15, -0.1) is 0 Å². The fraction of sp³-hybridized carbons (Fsp3) is 0.923. The molecule has 0 aliphatic carbocycles. The van der Waals surface area contributed by atoms with Gasteiger partial charge < -0.3 is 10.6 Å². The highest BCUT2D eigenvalue weighted by Crippen LogP contribution is 2.20. The van der Waals surface area contributed by atoms with Crippen molar-refractivity contribution in [3.05, 3.63) is 20.2 Å². The summed E-state index contributed by atoms with van der Waals surface area (Å²) in [6.07, 6.45) is -0.223. The van der Waals surface area contributed by atoms with Crippen LogP contribution in [0.5, 0.6) is 0 Å². The summed E-state index contributed by atoms with van der Waals surface area (Å²) in [5.41, 5.74) is -1.35. The molecular formula is C13H26N4O5. The lowest BCUT2D eigenvalue weighted by atomic mass is 9.87. The molecule has 0 aliphatic rings. The Morgan fingerprint density at radius 1 is 0.909 bits per heavy atom. The third-order valence-corrected chi connectivity index (χ3v) is 3.93. The highest BCUT2D eigenvalue weighted by Gasteiger charge is 2.46. The molecule has 0 aromatic rings. The predicted octanol–water partition coefficient (Wildman–Crippen LogP) is 0.622. The summed E-state index contributed by atoms with van der Waals surface area (Å²) in [6.45, 7) is 6.82. The van der Waals surface area contributed by atoms with Crippen LogP contribution in [0.4, 0.5) is 0 Å². The quantitative estimate of drug-likeness (QED) is 0.446. The maximum Gasteiger partial charge on any atom is 0.279 e. The first-order chi connectivity index (χ1) is 9.87. The predicted molar refractivity (Wildman–Crippen MR) is 82.1 cm³/mol. The van der Waals surface area contributed by atoms with Gasteiger partial charge in [-0.05, 0) is 41.8 Å². The molecule has 2 N–H and O–H groups in total. The van der Waals surface area contributed by atoms with Gasteiger partial charge in [0.2, 0.25) is 0 Å². The number of nitrogens with zero attached hydrogens (tertiary/aromatic N) is 2. The van der Waals surface area contributed by atoms with E-state index in [1.165, 1.54) is 0 Å². The van der Waals surface area contributed by atoms with Crippen LogP contribution in [0.25, 0.3) is 0 Å². The van der Waals surface area contributed by atoms with Gasteiger partial charge in [0.15, 0.2) is 0 Å². The number of Topliss-reactive ketones (excluding diaryl/α,β-unsaturated/α-hetero) is 1. The second-order valence-corrected chi connectivity index (χ2v) is 6.68. The molecule has 0 heterocycles. The van der Waals surface area contributed by atoms with E-state index in [1.54, 1.807) is 41.8 Å². The Bertz CT molecular complexity index is 398. The molecule has 0 spiro atoms. The van der Waals surface area contributed by atoms with Gasteiger partial charge in [0, 0.05) is 33.8 Å². The normalized spacial score (nSPS) is 15.2. The molecular weight excluding hydrogens is 292 g/mol. The molecule has 0 saturated heterocycles. The first-order valence-corrected chi connectivity index (χ1v) is 7.05. The summed E-state index contributed by atoms with van der Waals surface area (Å²) in [7, 11) is 3.24. The van der Waals surface area contributed by atoms with E-state index >= 15 is 0 Å². The summed E-state index contributed by atoms with van der Waals surface area (Å²) >= 11 is 0. The highest BCUT2D eigenvalue weighted by molar-refractivity contribution is 5.87. The zero-order valence-corrected chi connectivity index (χ0v) is 14.0. The monoisotopic (exact) mass is 318 g/mol. The van der Waals surface area contributed by atoms with E-state index in [1.807, 2.05) is 0 Å². The first-order valence-electron chi connectivity index (χ1n) is 7.05. The number of hydrogen-bond acceptors (Lipinski definition) is 7. The summed E-state index contributed by atoms with van der Waals surface area (Å²) in [6, 6.07) is -3.21. The average molecular weight is 318 g/mol. The number of nitrogens with one attached hydrogen (secondary N) is 2. The number of carbonyl (C=O) groups excluding carboxylic acids is 1. The fourth-order valence-corrected chi connectivity index (χ4v) is 1.95. The van der Waals surface area contributed by atoms with Crippen LogP contribution in [0.2, 0.25) is 0 Å². The standard InChI is InChI=1S/C13H26N4O5/c1-12(2,14-5)7-9(16(19)20)11(18)10(17(21)22)8-13(3,4)15-6/h9-10,14-15H,7-8H2,1-6H3. The molecule has 9 heteroatoms. The van der Waals surface area contributed by atoms with Crippen molar-refractivity contribution in [1.82, 2.24) is 10.6 Å². The Labute approximate surface area is 130 Å². The van der Waals surface area contributed by atoms with Gasteiger partial charge in [-0.1, -0.05) is 0 Å². The third-order valence-electron chi connectivity index (χ3n) is 3.93. The molecule has 9 nitrogen and oxygen atoms in total. The van der Waals surface area contributed by atoms with Crippen LogP contribution in [0, 0.1) is 20.2 Å². The maximum absolute atomic E-state index is 12.4. The summed E-state index contributed by atoms with van der Waals surface area (Å²) in [5.74, 6) is -0.957. The van der Waals surface area contributed by atoms with Gasteiger partial charge in [0.25, 0.3) is 17.9 Å². The van der Waals surface area contributed by atoms with E-state index in [0.29, 0.717) is 0 Å². The number of ketones is 1. The van der Waals surface area contributed by atoms with Crippen LogP contribution < -0.4 is 10.6 Å². The van der Waals surface area contributed by atoms with Crippen molar-refractivity contribution in [1.29, 1.82) is 0 Å². The Morgan fingerprint density at radius 2 is 1.18 bits per heavy atom. The Kier molecular flexibility index (Phi) is 7.04. The average Bonchev–Trinajstić information content (AvgIpc) is 2.41. The minimum absolute atomic E-state index is 0.111. The topological polar surface area (TPSA) is 127 Å². The minimum atomic E-state index is -1.61. The summed E-state index contributed by atoms with van der Waals surface area (Å²) in [4.78, 5) is 33.3. The minimum Gasteiger partial charge on any atom is -0.315 e. The van der Waals surface area contributed by atoms with Crippen molar-refractivity contribution in [2.45, 2.75) is 63.7 Å². The van der Waals surface area contributed by atoms with Crippen LogP contribution in [0.3, 0.4) is 0 Å². The van der Waals surface area contributed by atoms with E-state index < -0.39 is 38.8 Å². The molecule has 22 heavy (non-hydrogen) atoms. The van der Waals surface area contributed by atoms with Crippen LogP contribution in [0.15, 0.2) is 0 Å². The number of carbonyl (C=O) groups is 1. The van der Waals surface area contributed by atoms with Crippen molar-refractivity contribution in [3.63, 3.8) is 0 Å². The number of rotatable bonds is 10. The Balaban J connectivity index is 5.40. The molecule has 0 aromatic carbocycles. The number of nitro groups is 2. The summed E-state index contributed by atoms with van der Waals surface area (Å²) < 4.78 is 0. The van der Waals surface area contributed by atoms with Crippen molar-refractivity contribution >= 4 is 5.78 Å². The molecule has 0 saturated carbocycles. The molecule has 0 radical (unpaired) electrons. The van der Waals surface area contributed by atoms with Crippen molar-refractivity contribution < 1.29 is 14.6 Å². The second kappa shape index (κ2) is 7.59. The molecule has 0 aromatic heterocycles. The molecule has 0 aliphatic heterocycles. The van der Waals surface area contributed by atoms with Gasteiger partial charge in [-0.25, -0.2) is 0 Å². The van der Waals surface area contributed by atoms with Crippen LogP contribution in [-0.4, -0.2) is 52.9 Å². The van der Waals surface area contributed by atoms with Crippen molar-refractivity contribution in [3.8, 4) is 0 Å². The fourth-order valence-electron chi connectivity index (χ4n) is 1.95. The number of hydrogen-bond donors (Lipinski definition) is 2. The maximum atomic E-state index is 12.4. The molecule has 0 bridgehead atoms. The Hall–Kier alpha value is -1.61. The molecule has 2 atom stereocenters. The van der Waals surface area contributed by atoms with E-state index in [9.17, 15) is 25.0 Å². The molecule has 0 rings (SSSR count). The molecule has 0 amide bonds. The van der Waals surface area contributed by atoms with Gasteiger partial charge in [-0.3, -0.25) is 25.0 Å². The van der Waals surface area contributed by atoms with Crippen LogP contribution in [0.1, 0.15) is 40.5 Å².